The lowest BCUT2D eigenvalue weighted by molar-refractivity contribution is -0.120. The van der Waals surface area contributed by atoms with Gasteiger partial charge in [0.15, 0.2) is 0 Å². The Morgan fingerprint density at radius 1 is 1.11 bits per heavy atom. The lowest BCUT2D eigenvalue weighted by Gasteiger charge is -2.10. The number of hydrogen-bond acceptors (Lipinski definition) is 2. The summed E-state index contributed by atoms with van der Waals surface area (Å²) in [7, 11) is 0. The van der Waals surface area contributed by atoms with E-state index in [0.29, 0.717) is 12.5 Å². The van der Waals surface area contributed by atoms with Gasteiger partial charge >= 0.3 is 0 Å². The lowest BCUT2D eigenvalue weighted by atomic mass is 10.0. The van der Waals surface area contributed by atoms with Crippen LogP contribution in [0.2, 0.25) is 0 Å². The van der Waals surface area contributed by atoms with E-state index in [4.69, 9.17) is 0 Å². The number of rotatable bonds is 7. The van der Waals surface area contributed by atoms with E-state index in [1.807, 2.05) is 13.8 Å². The summed E-state index contributed by atoms with van der Waals surface area (Å²) in [4.78, 5) is 11.4. The minimum atomic E-state index is 0.0603. The molecular formula is C16H26N2O. The van der Waals surface area contributed by atoms with Crippen molar-refractivity contribution in [2.24, 2.45) is 0 Å². The second-order valence-corrected chi connectivity index (χ2v) is 5.55. The standard InChI is InChI=1S/C16H26N2O/c1-12(2)15-7-5-14(6-8-15)9-10-17-11-16(19)18-13(3)4/h5-8,12-13,17H,9-11H2,1-4H3,(H,18,19). The first-order valence-electron chi connectivity index (χ1n) is 7.08. The maximum atomic E-state index is 11.4. The molecule has 0 saturated heterocycles. The normalized spacial score (nSPS) is 11.1. The minimum absolute atomic E-state index is 0.0603. The van der Waals surface area contributed by atoms with E-state index in [1.54, 1.807) is 0 Å². The third-order valence-corrected chi connectivity index (χ3v) is 2.97. The van der Waals surface area contributed by atoms with Crippen molar-refractivity contribution in [2.45, 2.75) is 46.1 Å². The van der Waals surface area contributed by atoms with Gasteiger partial charge in [-0.05, 0) is 43.9 Å². The van der Waals surface area contributed by atoms with Gasteiger partial charge in [-0.3, -0.25) is 4.79 Å². The van der Waals surface area contributed by atoms with Crippen molar-refractivity contribution < 1.29 is 4.79 Å². The van der Waals surface area contributed by atoms with Gasteiger partial charge in [0.1, 0.15) is 0 Å². The van der Waals surface area contributed by atoms with Crippen LogP contribution in [0.3, 0.4) is 0 Å². The first-order chi connectivity index (χ1) is 8.99. The molecule has 0 bridgehead atoms. The van der Waals surface area contributed by atoms with Gasteiger partial charge in [-0.25, -0.2) is 0 Å². The molecule has 106 valence electrons. The van der Waals surface area contributed by atoms with Gasteiger partial charge in [0, 0.05) is 6.04 Å². The quantitative estimate of drug-likeness (QED) is 0.741. The highest BCUT2D eigenvalue weighted by Gasteiger charge is 2.02. The Balaban J connectivity index is 2.24. The third kappa shape index (κ3) is 6.39. The van der Waals surface area contributed by atoms with Crippen molar-refractivity contribution in [1.29, 1.82) is 0 Å². The van der Waals surface area contributed by atoms with E-state index in [1.165, 1.54) is 11.1 Å². The molecule has 0 heterocycles. The maximum Gasteiger partial charge on any atom is 0.234 e. The van der Waals surface area contributed by atoms with Crippen LogP contribution in [-0.4, -0.2) is 25.0 Å². The molecule has 0 saturated carbocycles. The first kappa shape index (κ1) is 15.7. The van der Waals surface area contributed by atoms with Crippen LogP contribution >= 0.6 is 0 Å². The molecule has 0 unspecified atom stereocenters. The van der Waals surface area contributed by atoms with E-state index in [9.17, 15) is 4.79 Å². The molecule has 2 N–H and O–H groups in total. The van der Waals surface area contributed by atoms with Gasteiger partial charge < -0.3 is 10.6 Å². The SMILES string of the molecule is CC(C)NC(=O)CNCCc1ccc(C(C)C)cc1. The van der Waals surface area contributed by atoms with Crippen molar-refractivity contribution in [3.05, 3.63) is 35.4 Å². The summed E-state index contributed by atoms with van der Waals surface area (Å²) in [5.41, 5.74) is 2.68. The Morgan fingerprint density at radius 2 is 1.74 bits per heavy atom. The number of carbonyl (C=O) groups is 1. The van der Waals surface area contributed by atoms with Crippen LogP contribution in [0.5, 0.6) is 0 Å². The summed E-state index contributed by atoms with van der Waals surface area (Å²) < 4.78 is 0. The molecule has 0 aliphatic heterocycles. The summed E-state index contributed by atoms with van der Waals surface area (Å²) in [6.07, 6.45) is 0.952. The Bertz CT molecular complexity index is 382. The molecule has 1 aromatic rings. The largest absolute Gasteiger partial charge is 0.353 e. The highest BCUT2D eigenvalue weighted by molar-refractivity contribution is 5.78. The van der Waals surface area contributed by atoms with Crippen molar-refractivity contribution >= 4 is 5.91 Å². The molecule has 1 amide bonds. The van der Waals surface area contributed by atoms with Crippen LogP contribution in [0.4, 0.5) is 0 Å². The number of hydrogen-bond donors (Lipinski definition) is 2. The van der Waals surface area contributed by atoms with Crippen molar-refractivity contribution in [3.8, 4) is 0 Å². The third-order valence-electron chi connectivity index (χ3n) is 2.97. The average Bonchev–Trinajstić information content (AvgIpc) is 2.34. The molecule has 1 rings (SSSR count). The molecule has 0 spiro atoms. The number of nitrogens with one attached hydrogen (secondary N) is 2. The Morgan fingerprint density at radius 3 is 2.26 bits per heavy atom. The average molecular weight is 262 g/mol. The van der Waals surface area contributed by atoms with Crippen LogP contribution < -0.4 is 10.6 Å². The summed E-state index contributed by atoms with van der Waals surface area (Å²) >= 11 is 0. The van der Waals surface area contributed by atoms with Crippen molar-refractivity contribution in [1.82, 2.24) is 10.6 Å². The molecular weight excluding hydrogens is 236 g/mol. The van der Waals surface area contributed by atoms with Gasteiger partial charge in [-0.2, -0.15) is 0 Å². The summed E-state index contributed by atoms with van der Waals surface area (Å²) in [6.45, 7) is 9.55. The lowest BCUT2D eigenvalue weighted by Crippen LogP contribution is -2.38. The fourth-order valence-electron chi connectivity index (χ4n) is 1.88. The van der Waals surface area contributed by atoms with Gasteiger partial charge in [-0.1, -0.05) is 38.1 Å². The highest BCUT2D eigenvalue weighted by atomic mass is 16.1. The summed E-state index contributed by atoms with van der Waals surface area (Å²) in [5.74, 6) is 0.636. The second-order valence-electron chi connectivity index (χ2n) is 5.55. The Labute approximate surface area is 116 Å². The fourth-order valence-corrected chi connectivity index (χ4v) is 1.88. The first-order valence-corrected chi connectivity index (χ1v) is 7.08. The van der Waals surface area contributed by atoms with Gasteiger partial charge in [0.2, 0.25) is 5.91 Å². The maximum absolute atomic E-state index is 11.4. The molecule has 3 nitrogen and oxygen atoms in total. The predicted molar refractivity (Wildman–Crippen MR) is 80.4 cm³/mol. The molecule has 0 atom stereocenters. The second kappa shape index (κ2) is 7.95. The highest BCUT2D eigenvalue weighted by Crippen LogP contribution is 2.14. The molecule has 0 aliphatic carbocycles. The molecule has 1 aromatic carbocycles. The van der Waals surface area contributed by atoms with E-state index in [0.717, 1.165) is 13.0 Å². The van der Waals surface area contributed by atoms with Crippen LogP contribution in [0.25, 0.3) is 0 Å². The Kier molecular flexibility index (Phi) is 6.57. The molecule has 0 aromatic heterocycles. The van der Waals surface area contributed by atoms with Crippen LogP contribution in [0.1, 0.15) is 44.7 Å². The predicted octanol–water partition coefficient (Wildman–Crippen LogP) is 2.47. The molecule has 0 fully saturated rings. The zero-order valence-electron chi connectivity index (χ0n) is 12.5. The molecule has 0 aliphatic rings. The van der Waals surface area contributed by atoms with Crippen LogP contribution in [-0.2, 0) is 11.2 Å². The Hall–Kier alpha value is -1.35. The fraction of sp³-hybridized carbons (Fsp3) is 0.562. The minimum Gasteiger partial charge on any atom is -0.353 e. The molecule has 19 heavy (non-hydrogen) atoms. The smallest absolute Gasteiger partial charge is 0.234 e. The number of benzene rings is 1. The van der Waals surface area contributed by atoms with Gasteiger partial charge in [0.05, 0.1) is 6.54 Å². The van der Waals surface area contributed by atoms with E-state index in [2.05, 4.69) is 48.7 Å². The van der Waals surface area contributed by atoms with E-state index >= 15 is 0 Å². The summed E-state index contributed by atoms with van der Waals surface area (Å²) in [6, 6.07) is 8.92. The number of amides is 1. The van der Waals surface area contributed by atoms with E-state index in [-0.39, 0.29) is 11.9 Å². The van der Waals surface area contributed by atoms with Crippen LogP contribution in [0, 0.1) is 0 Å². The van der Waals surface area contributed by atoms with Gasteiger partial charge in [0.25, 0.3) is 0 Å². The monoisotopic (exact) mass is 262 g/mol. The summed E-state index contributed by atoms with van der Waals surface area (Å²) in [5, 5.41) is 6.02. The van der Waals surface area contributed by atoms with Gasteiger partial charge in [-0.15, -0.1) is 0 Å². The van der Waals surface area contributed by atoms with Crippen LogP contribution in [0.15, 0.2) is 24.3 Å². The van der Waals surface area contributed by atoms with E-state index < -0.39 is 0 Å². The molecule has 0 radical (unpaired) electrons. The van der Waals surface area contributed by atoms with Crippen molar-refractivity contribution in [3.63, 3.8) is 0 Å². The topological polar surface area (TPSA) is 41.1 Å². The number of carbonyl (C=O) groups excluding carboxylic acids is 1. The van der Waals surface area contributed by atoms with Crippen molar-refractivity contribution in [2.75, 3.05) is 13.1 Å². The zero-order chi connectivity index (χ0) is 14.3. The molecule has 3 heteroatoms. The zero-order valence-corrected chi connectivity index (χ0v) is 12.5.